The van der Waals surface area contributed by atoms with Gasteiger partial charge in [-0.25, -0.2) is 4.79 Å². The SMILES string of the molecule is C=CCN1C(=S)N[C@H](c2ccc(OCC#N)cc2)C(C(=O)OC)=C1C. The van der Waals surface area contributed by atoms with E-state index >= 15 is 0 Å². The van der Waals surface area contributed by atoms with Gasteiger partial charge in [-0.3, -0.25) is 0 Å². The average molecular weight is 357 g/mol. The van der Waals surface area contributed by atoms with E-state index in [0.717, 1.165) is 11.3 Å². The van der Waals surface area contributed by atoms with E-state index in [4.69, 9.17) is 27.0 Å². The molecule has 0 bridgehead atoms. The molecule has 0 saturated heterocycles. The van der Waals surface area contributed by atoms with Crippen molar-refractivity contribution in [3.05, 3.63) is 53.8 Å². The molecule has 1 aliphatic heterocycles. The third-order valence-corrected chi connectivity index (χ3v) is 4.17. The lowest BCUT2D eigenvalue weighted by Crippen LogP contribution is -2.47. The van der Waals surface area contributed by atoms with Crippen LogP contribution in [0.25, 0.3) is 0 Å². The molecule has 0 aromatic heterocycles. The van der Waals surface area contributed by atoms with Crippen LogP contribution in [-0.2, 0) is 9.53 Å². The summed E-state index contributed by atoms with van der Waals surface area (Å²) in [5.41, 5.74) is 2.05. The summed E-state index contributed by atoms with van der Waals surface area (Å²) >= 11 is 5.43. The molecule has 1 N–H and O–H groups in total. The Morgan fingerprint density at radius 3 is 2.72 bits per heavy atom. The maximum absolute atomic E-state index is 12.3. The van der Waals surface area contributed by atoms with Crippen LogP contribution in [0.15, 0.2) is 48.2 Å². The van der Waals surface area contributed by atoms with Gasteiger partial charge in [-0.2, -0.15) is 5.26 Å². The summed E-state index contributed by atoms with van der Waals surface area (Å²) in [4.78, 5) is 14.2. The third kappa shape index (κ3) is 3.98. The number of hydrogen-bond acceptors (Lipinski definition) is 5. The third-order valence-electron chi connectivity index (χ3n) is 3.83. The number of benzene rings is 1. The number of rotatable bonds is 6. The number of thiocarbonyl (C=S) groups is 1. The van der Waals surface area contributed by atoms with Gasteiger partial charge in [0, 0.05) is 12.2 Å². The minimum absolute atomic E-state index is 0.0198. The predicted molar refractivity (Wildman–Crippen MR) is 97.6 cm³/mol. The van der Waals surface area contributed by atoms with Crippen LogP contribution in [-0.4, -0.2) is 36.2 Å². The lowest BCUT2D eigenvalue weighted by molar-refractivity contribution is -0.136. The second kappa shape index (κ2) is 8.31. The predicted octanol–water partition coefficient (Wildman–Crippen LogP) is 2.45. The van der Waals surface area contributed by atoms with Gasteiger partial charge in [0.05, 0.1) is 18.7 Å². The molecule has 0 fully saturated rings. The fourth-order valence-corrected chi connectivity index (χ4v) is 2.96. The van der Waals surface area contributed by atoms with Crippen molar-refractivity contribution in [2.45, 2.75) is 13.0 Å². The number of carbonyl (C=O) groups excluding carboxylic acids is 1. The Morgan fingerprint density at radius 2 is 2.16 bits per heavy atom. The van der Waals surface area contributed by atoms with Gasteiger partial charge < -0.3 is 19.7 Å². The number of methoxy groups -OCH3 is 1. The molecule has 0 saturated carbocycles. The number of nitrogens with zero attached hydrogens (tertiary/aromatic N) is 2. The molecule has 0 amide bonds. The number of nitriles is 1. The molecule has 0 aliphatic carbocycles. The van der Waals surface area contributed by atoms with E-state index in [1.165, 1.54) is 7.11 Å². The van der Waals surface area contributed by atoms with Crippen molar-refractivity contribution in [3.63, 3.8) is 0 Å². The highest BCUT2D eigenvalue weighted by atomic mass is 32.1. The highest BCUT2D eigenvalue weighted by Gasteiger charge is 2.34. The quantitative estimate of drug-likeness (QED) is 0.476. The molecule has 1 aliphatic rings. The molecule has 1 aromatic rings. The van der Waals surface area contributed by atoms with Crippen LogP contribution in [0.3, 0.4) is 0 Å². The van der Waals surface area contributed by atoms with Gasteiger partial charge in [-0.1, -0.05) is 18.2 Å². The van der Waals surface area contributed by atoms with Gasteiger partial charge in [0.25, 0.3) is 0 Å². The molecule has 6 nitrogen and oxygen atoms in total. The normalized spacial score (nSPS) is 16.8. The van der Waals surface area contributed by atoms with Crippen LogP contribution in [0.5, 0.6) is 5.75 Å². The molecule has 130 valence electrons. The lowest BCUT2D eigenvalue weighted by Gasteiger charge is -2.37. The standard InChI is InChI=1S/C18H19N3O3S/c1-4-10-21-12(2)15(17(22)23-3)16(20-18(21)25)13-5-7-14(8-6-13)24-11-9-19/h4-8,16H,1,10-11H2,2-3H3,(H,20,25)/t16-/m1/s1. The van der Waals surface area contributed by atoms with E-state index in [9.17, 15) is 4.79 Å². The van der Waals surface area contributed by atoms with Gasteiger partial charge >= 0.3 is 5.97 Å². The summed E-state index contributed by atoms with van der Waals surface area (Å²) in [6.07, 6.45) is 1.72. The van der Waals surface area contributed by atoms with Crippen LogP contribution < -0.4 is 10.1 Å². The molecular weight excluding hydrogens is 338 g/mol. The molecule has 1 atom stereocenters. The number of allylic oxidation sites excluding steroid dienone is 1. The van der Waals surface area contributed by atoms with E-state index in [2.05, 4.69) is 11.9 Å². The molecule has 7 heteroatoms. The molecule has 25 heavy (non-hydrogen) atoms. The van der Waals surface area contributed by atoms with Crippen LogP contribution in [0.1, 0.15) is 18.5 Å². The van der Waals surface area contributed by atoms with Crippen LogP contribution in [0, 0.1) is 11.3 Å². The van der Waals surface area contributed by atoms with Gasteiger partial charge in [0.2, 0.25) is 0 Å². The van der Waals surface area contributed by atoms with E-state index in [-0.39, 0.29) is 6.61 Å². The molecule has 2 rings (SSSR count). The average Bonchev–Trinajstić information content (AvgIpc) is 2.63. The van der Waals surface area contributed by atoms with E-state index in [1.54, 1.807) is 23.1 Å². The van der Waals surface area contributed by atoms with Crippen molar-refractivity contribution in [1.29, 1.82) is 5.26 Å². The minimum Gasteiger partial charge on any atom is -0.479 e. The molecule has 0 spiro atoms. The Kier molecular flexibility index (Phi) is 6.14. The highest BCUT2D eigenvalue weighted by molar-refractivity contribution is 7.80. The van der Waals surface area contributed by atoms with E-state index in [1.807, 2.05) is 25.1 Å². The summed E-state index contributed by atoms with van der Waals surface area (Å²) in [7, 11) is 1.35. The van der Waals surface area contributed by atoms with Gasteiger partial charge in [0.15, 0.2) is 11.7 Å². The van der Waals surface area contributed by atoms with Gasteiger partial charge in [0.1, 0.15) is 11.8 Å². The van der Waals surface area contributed by atoms with Crippen molar-refractivity contribution >= 4 is 23.3 Å². The van der Waals surface area contributed by atoms with Crippen molar-refractivity contribution in [2.75, 3.05) is 20.3 Å². The van der Waals surface area contributed by atoms with E-state index in [0.29, 0.717) is 23.0 Å². The number of carbonyl (C=O) groups is 1. The Balaban J connectivity index is 2.41. The maximum Gasteiger partial charge on any atom is 0.337 e. The molecule has 1 aromatic carbocycles. The zero-order valence-electron chi connectivity index (χ0n) is 14.1. The van der Waals surface area contributed by atoms with Crippen LogP contribution >= 0.6 is 12.2 Å². The first-order valence-corrected chi connectivity index (χ1v) is 8.02. The summed E-state index contributed by atoms with van der Waals surface area (Å²) in [5, 5.41) is 12.3. The summed E-state index contributed by atoms with van der Waals surface area (Å²) in [6, 6.07) is 8.64. The zero-order chi connectivity index (χ0) is 18.4. The summed E-state index contributed by atoms with van der Waals surface area (Å²) in [6.45, 7) is 6.03. The first-order valence-electron chi connectivity index (χ1n) is 7.61. The Morgan fingerprint density at radius 1 is 1.48 bits per heavy atom. The second-order valence-corrected chi connectivity index (χ2v) is 5.67. The first kappa shape index (κ1) is 18.5. The Bertz CT molecular complexity index is 750. The monoisotopic (exact) mass is 357 g/mol. The molecule has 0 radical (unpaired) electrons. The summed E-state index contributed by atoms with van der Waals surface area (Å²) in [5.74, 6) is 0.161. The molecule has 0 unspecified atom stereocenters. The van der Waals surface area contributed by atoms with Gasteiger partial charge in [-0.05, 0) is 36.8 Å². The smallest absolute Gasteiger partial charge is 0.337 e. The Labute approximate surface area is 152 Å². The zero-order valence-corrected chi connectivity index (χ0v) is 14.9. The number of nitrogens with one attached hydrogen (secondary N) is 1. The topological polar surface area (TPSA) is 74.6 Å². The number of hydrogen-bond donors (Lipinski definition) is 1. The minimum atomic E-state index is -0.425. The number of ether oxygens (including phenoxy) is 2. The fraction of sp³-hybridized carbons (Fsp3) is 0.278. The first-order chi connectivity index (χ1) is 12.0. The van der Waals surface area contributed by atoms with E-state index < -0.39 is 12.0 Å². The summed E-state index contributed by atoms with van der Waals surface area (Å²) < 4.78 is 10.2. The van der Waals surface area contributed by atoms with Crippen molar-refractivity contribution in [3.8, 4) is 11.8 Å². The van der Waals surface area contributed by atoms with Crippen LogP contribution in [0.4, 0.5) is 0 Å². The van der Waals surface area contributed by atoms with Crippen LogP contribution in [0.2, 0.25) is 0 Å². The largest absolute Gasteiger partial charge is 0.479 e. The van der Waals surface area contributed by atoms with Gasteiger partial charge in [-0.15, -0.1) is 6.58 Å². The van der Waals surface area contributed by atoms with Crippen molar-refractivity contribution in [1.82, 2.24) is 10.2 Å². The second-order valence-electron chi connectivity index (χ2n) is 5.29. The number of esters is 1. The fourth-order valence-electron chi connectivity index (χ4n) is 2.63. The molecular formula is C18H19N3O3S. The maximum atomic E-state index is 12.3. The highest BCUT2D eigenvalue weighted by Crippen LogP contribution is 2.32. The van der Waals surface area contributed by atoms with Crippen molar-refractivity contribution in [2.24, 2.45) is 0 Å². The Hall–Kier alpha value is -2.85. The lowest BCUT2D eigenvalue weighted by atomic mass is 9.95. The van der Waals surface area contributed by atoms with Crippen molar-refractivity contribution < 1.29 is 14.3 Å². The molecule has 1 heterocycles.